The topological polar surface area (TPSA) is 52.7 Å². The normalized spacial score (nSPS) is 10.7. The maximum Gasteiger partial charge on any atom is 0.244 e. The fourth-order valence-electron chi connectivity index (χ4n) is 2.66. The van der Waals surface area contributed by atoms with Crippen molar-refractivity contribution in [2.75, 3.05) is 32.5 Å². The molecule has 0 unspecified atom stereocenters. The van der Waals surface area contributed by atoms with Crippen LogP contribution >= 0.6 is 11.6 Å². The van der Waals surface area contributed by atoms with E-state index >= 15 is 0 Å². The first-order valence-corrected chi connectivity index (χ1v) is 9.31. The molecule has 0 aliphatic heterocycles. The smallest absolute Gasteiger partial charge is 0.244 e. The number of hydrogen-bond acceptors (Lipinski definition) is 3. The lowest BCUT2D eigenvalue weighted by Gasteiger charge is -2.22. The molecule has 1 N–H and O–H groups in total. The van der Waals surface area contributed by atoms with Gasteiger partial charge in [-0.3, -0.25) is 14.5 Å². The van der Waals surface area contributed by atoms with E-state index in [9.17, 15) is 9.59 Å². The third-order valence-electron chi connectivity index (χ3n) is 4.24. The molecular weight excluding hydrogens is 362 g/mol. The molecule has 0 aromatic heterocycles. The van der Waals surface area contributed by atoms with Crippen LogP contribution in [-0.2, 0) is 22.6 Å². The summed E-state index contributed by atoms with van der Waals surface area (Å²) < 4.78 is 0. The van der Waals surface area contributed by atoms with Gasteiger partial charge in [-0.1, -0.05) is 54.9 Å². The van der Waals surface area contributed by atoms with Gasteiger partial charge in [-0.15, -0.1) is 0 Å². The number of anilines is 1. The van der Waals surface area contributed by atoms with Crippen molar-refractivity contribution in [2.45, 2.75) is 19.9 Å². The van der Waals surface area contributed by atoms with Crippen molar-refractivity contribution in [1.82, 2.24) is 9.80 Å². The summed E-state index contributed by atoms with van der Waals surface area (Å²) in [5.74, 6) is -0.395. The molecule has 0 saturated carbocycles. The Kier molecular flexibility index (Phi) is 7.82. The second-order valence-electron chi connectivity index (χ2n) is 6.62. The molecule has 0 heterocycles. The first-order valence-electron chi connectivity index (χ1n) is 8.93. The fraction of sp³-hybridized carbons (Fsp3) is 0.333. The van der Waals surface area contributed by atoms with Gasteiger partial charge in [-0.25, -0.2) is 0 Å². The van der Waals surface area contributed by atoms with Crippen LogP contribution in [0.1, 0.15) is 18.1 Å². The van der Waals surface area contributed by atoms with Crippen LogP contribution < -0.4 is 5.32 Å². The summed E-state index contributed by atoms with van der Waals surface area (Å²) >= 11 is 6.03. The van der Waals surface area contributed by atoms with Crippen LogP contribution in [0.2, 0.25) is 5.02 Å². The molecule has 0 aliphatic rings. The number of carbonyl (C=O) groups is 2. The summed E-state index contributed by atoms with van der Waals surface area (Å²) in [6.07, 6.45) is 1.01. The van der Waals surface area contributed by atoms with Gasteiger partial charge in [0.05, 0.1) is 23.8 Å². The number of hydrogen-bond donors (Lipinski definition) is 1. The fourth-order valence-corrected chi connectivity index (χ4v) is 2.84. The van der Waals surface area contributed by atoms with E-state index in [2.05, 4.69) is 36.5 Å². The van der Waals surface area contributed by atoms with Crippen molar-refractivity contribution in [3.8, 4) is 0 Å². The maximum atomic E-state index is 12.4. The largest absolute Gasteiger partial charge is 0.335 e. The highest BCUT2D eigenvalue weighted by Gasteiger charge is 2.15. The molecule has 0 fully saturated rings. The van der Waals surface area contributed by atoms with Crippen molar-refractivity contribution in [1.29, 1.82) is 0 Å². The minimum absolute atomic E-state index is 0.0247. The minimum Gasteiger partial charge on any atom is -0.335 e. The summed E-state index contributed by atoms with van der Waals surface area (Å²) in [5, 5.41) is 3.19. The lowest BCUT2D eigenvalue weighted by molar-refractivity contribution is -0.134. The molecule has 2 aromatic carbocycles. The van der Waals surface area contributed by atoms with Gasteiger partial charge in [-0.05, 0) is 36.7 Å². The van der Waals surface area contributed by atoms with E-state index in [-0.39, 0.29) is 24.9 Å². The van der Waals surface area contributed by atoms with Crippen molar-refractivity contribution >= 4 is 29.1 Å². The standard InChI is InChI=1S/C21H26ClN3O2/c1-4-16-9-11-17(12-10-16)13-24(2)15-21(27)25(3)14-20(26)23-19-8-6-5-7-18(19)22/h5-12H,4,13-15H2,1-3H3,(H,23,26). The molecule has 27 heavy (non-hydrogen) atoms. The van der Waals surface area contributed by atoms with E-state index < -0.39 is 0 Å². The van der Waals surface area contributed by atoms with E-state index in [0.717, 1.165) is 12.0 Å². The van der Waals surface area contributed by atoms with Crippen LogP contribution in [0.5, 0.6) is 0 Å². The third-order valence-corrected chi connectivity index (χ3v) is 4.57. The zero-order valence-corrected chi connectivity index (χ0v) is 16.8. The molecular formula is C21H26ClN3O2. The molecule has 0 aliphatic carbocycles. The third kappa shape index (κ3) is 6.70. The Labute approximate surface area is 165 Å². The number of nitrogens with zero attached hydrogens (tertiary/aromatic N) is 2. The Hall–Kier alpha value is -2.37. The highest BCUT2D eigenvalue weighted by atomic mass is 35.5. The van der Waals surface area contributed by atoms with Crippen LogP contribution in [0, 0.1) is 0 Å². The number of carbonyl (C=O) groups excluding carboxylic acids is 2. The molecule has 0 saturated heterocycles. The molecule has 0 spiro atoms. The lowest BCUT2D eigenvalue weighted by Crippen LogP contribution is -2.40. The molecule has 0 atom stereocenters. The molecule has 2 rings (SSSR count). The predicted octanol–water partition coefficient (Wildman–Crippen LogP) is 3.43. The molecule has 2 aromatic rings. The quantitative estimate of drug-likeness (QED) is 0.755. The SMILES string of the molecule is CCc1ccc(CN(C)CC(=O)N(C)CC(=O)Nc2ccccc2Cl)cc1. The number of amides is 2. The maximum absolute atomic E-state index is 12.4. The zero-order chi connectivity index (χ0) is 19.8. The van der Waals surface area contributed by atoms with Gasteiger partial charge in [0.1, 0.15) is 0 Å². The van der Waals surface area contributed by atoms with Gasteiger partial charge >= 0.3 is 0 Å². The summed E-state index contributed by atoms with van der Waals surface area (Å²) in [5.41, 5.74) is 2.99. The number of benzene rings is 2. The monoisotopic (exact) mass is 387 g/mol. The molecule has 6 heteroatoms. The first-order chi connectivity index (χ1) is 12.9. The Balaban J connectivity index is 1.81. The van der Waals surface area contributed by atoms with E-state index in [1.54, 1.807) is 31.3 Å². The van der Waals surface area contributed by atoms with Gasteiger partial charge in [0.2, 0.25) is 11.8 Å². The summed E-state index contributed by atoms with van der Waals surface area (Å²) in [4.78, 5) is 27.9. The number of para-hydroxylation sites is 1. The van der Waals surface area contributed by atoms with Crippen LogP contribution in [0.4, 0.5) is 5.69 Å². The number of nitrogens with one attached hydrogen (secondary N) is 1. The van der Waals surface area contributed by atoms with Crippen molar-refractivity contribution in [3.63, 3.8) is 0 Å². The van der Waals surface area contributed by atoms with Gasteiger partial charge in [0.15, 0.2) is 0 Å². The van der Waals surface area contributed by atoms with Crippen LogP contribution in [0.25, 0.3) is 0 Å². The number of likely N-dealkylation sites (N-methyl/N-ethyl adjacent to an activating group) is 2. The highest BCUT2D eigenvalue weighted by Crippen LogP contribution is 2.20. The predicted molar refractivity (Wildman–Crippen MR) is 110 cm³/mol. The van der Waals surface area contributed by atoms with E-state index in [1.807, 2.05) is 11.9 Å². The van der Waals surface area contributed by atoms with Crippen LogP contribution in [0.15, 0.2) is 48.5 Å². The van der Waals surface area contributed by atoms with Gasteiger partial charge in [0.25, 0.3) is 0 Å². The summed E-state index contributed by atoms with van der Waals surface area (Å²) in [6.45, 7) is 3.02. The number of rotatable bonds is 8. The van der Waals surface area contributed by atoms with Crippen molar-refractivity contribution in [3.05, 3.63) is 64.7 Å². The Morgan fingerprint density at radius 3 is 2.22 bits per heavy atom. The highest BCUT2D eigenvalue weighted by molar-refractivity contribution is 6.33. The molecule has 0 radical (unpaired) electrons. The molecule has 2 amide bonds. The Bertz CT molecular complexity index is 777. The summed E-state index contributed by atoms with van der Waals surface area (Å²) in [6, 6.07) is 15.4. The molecule has 5 nitrogen and oxygen atoms in total. The molecule has 0 bridgehead atoms. The van der Waals surface area contributed by atoms with E-state index in [0.29, 0.717) is 17.3 Å². The second-order valence-corrected chi connectivity index (χ2v) is 7.03. The first kappa shape index (κ1) is 20.9. The van der Waals surface area contributed by atoms with E-state index in [4.69, 9.17) is 11.6 Å². The van der Waals surface area contributed by atoms with Gasteiger partial charge in [0, 0.05) is 13.6 Å². The van der Waals surface area contributed by atoms with Crippen LogP contribution in [-0.4, -0.2) is 48.8 Å². The second kappa shape index (κ2) is 10.1. The lowest BCUT2D eigenvalue weighted by atomic mass is 10.1. The average Bonchev–Trinajstić information content (AvgIpc) is 2.64. The Morgan fingerprint density at radius 2 is 1.59 bits per heavy atom. The van der Waals surface area contributed by atoms with Gasteiger partial charge in [-0.2, -0.15) is 0 Å². The van der Waals surface area contributed by atoms with Crippen molar-refractivity contribution < 1.29 is 9.59 Å². The minimum atomic E-state index is -0.281. The number of halogens is 1. The van der Waals surface area contributed by atoms with Crippen molar-refractivity contribution in [2.24, 2.45) is 0 Å². The van der Waals surface area contributed by atoms with E-state index in [1.165, 1.54) is 10.5 Å². The summed E-state index contributed by atoms with van der Waals surface area (Å²) in [7, 11) is 3.52. The number of aryl methyl sites for hydroxylation is 1. The molecule has 144 valence electrons. The zero-order valence-electron chi connectivity index (χ0n) is 16.0. The average molecular weight is 388 g/mol. The Morgan fingerprint density at radius 1 is 0.963 bits per heavy atom. The van der Waals surface area contributed by atoms with Crippen LogP contribution in [0.3, 0.4) is 0 Å². The van der Waals surface area contributed by atoms with Gasteiger partial charge < -0.3 is 10.2 Å².